The molecule has 3 N–H and O–H groups in total. The summed E-state index contributed by atoms with van der Waals surface area (Å²) in [5.74, 6) is -2.48. The Morgan fingerprint density at radius 2 is 1.65 bits per heavy atom. The molecule has 4 amide bonds. The van der Waals surface area contributed by atoms with Gasteiger partial charge in [-0.15, -0.1) is 0 Å². The van der Waals surface area contributed by atoms with Gasteiger partial charge in [-0.25, -0.2) is 4.39 Å². The average Bonchev–Trinajstić information content (AvgIpc) is 3.85. The molecule has 2 heterocycles. The highest BCUT2D eigenvalue weighted by Crippen LogP contribution is 2.31. The van der Waals surface area contributed by atoms with Crippen LogP contribution in [0.2, 0.25) is 0 Å². The summed E-state index contributed by atoms with van der Waals surface area (Å²) in [7, 11) is 2.01. The Labute approximate surface area is 270 Å². The van der Waals surface area contributed by atoms with Crippen LogP contribution in [0, 0.1) is 17.7 Å². The summed E-state index contributed by atoms with van der Waals surface area (Å²) in [6, 6.07) is 4.46. The number of aryl methyl sites for hydroxylation is 1. The van der Waals surface area contributed by atoms with Gasteiger partial charge in [-0.3, -0.25) is 23.9 Å². The first-order valence-electron chi connectivity index (χ1n) is 16.9. The van der Waals surface area contributed by atoms with E-state index in [0.717, 1.165) is 64.5 Å². The molecule has 2 saturated carbocycles. The molecule has 2 aliphatic carbocycles. The number of amides is 4. The highest BCUT2D eigenvalue weighted by Gasteiger charge is 2.38. The van der Waals surface area contributed by atoms with E-state index in [1.54, 1.807) is 27.9 Å². The molecule has 0 bridgehead atoms. The molecule has 3 aliphatic rings. The maximum Gasteiger partial charge on any atom is 0.270 e. The number of hydrogen-bond acceptors (Lipinski definition) is 6. The fourth-order valence-corrected chi connectivity index (χ4v) is 6.59. The van der Waals surface area contributed by atoms with Gasteiger partial charge in [-0.05, 0) is 69.3 Å². The number of halogens is 1. The zero-order valence-electron chi connectivity index (χ0n) is 27.3. The highest BCUT2D eigenvalue weighted by molar-refractivity contribution is 6.00. The highest BCUT2D eigenvalue weighted by atomic mass is 19.1. The van der Waals surface area contributed by atoms with Gasteiger partial charge in [-0.2, -0.15) is 5.10 Å². The van der Waals surface area contributed by atoms with Crippen LogP contribution in [-0.4, -0.2) is 88.5 Å². The van der Waals surface area contributed by atoms with Gasteiger partial charge in [0.25, 0.3) is 5.91 Å². The summed E-state index contributed by atoms with van der Waals surface area (Å²) in [6.07, 6.45) is 8.83. The van der Waals surface area contributed by atoms with Crippen molar-refractivity contribution in [2.75, 3.05) is 38.5 Å². The molecule has 250 valence electrons. The van der Waals surface area contributed by atoms with E-state index in [1.165, 1.54) is 12.1 Å². The first-order valence-corrected chi connectivity index (χ1v) is 16.9. The predicted octanol–water partition coefficient (Wildman–Crippen LogP) is 3.52. The topological polar surface area (TPSA) is 129 Å². The first kappa shape index (κ1) is 33.6. The largest absolute Gasteiger partial charge is 0.343 e. The number of nitrogens with one attached hydrogen (secondary N) is 3. The summed E-state index contributed by atoms with van der Waals surface area (Å²) in [5, 5.41) is 12.8. The molecule has 1 aromatic heterocycles. The van der Waals surface area contributed by atoms with Crippen molar-refractivity contribution in [3.63, 3.8) is 0 Å². The third kappa shape index (κ3) is 8.12. The molecule has 3 fully saturated rings. The molecule has 46 heavy (non-hydrogen) atoms. The van der Waals surface area contributed by atoms with Gasteiger partial charge in [0, 0.05) is 50.8 Å². The second kappa shape index (κ2) is 15.2. The molecule has 0 spiro atoms. The first-order chi connectivity index (χ1) is 22.2. The molecule has 12 heteroatoms. The van der Waals surface area contributed by atoms with E-state index in [2.05, 4.69) is 25.9 Å². The van der Waals surface area contributed by atoms with Crippen LogP contribution in [0.1, 0.15) is 87.2 Å². The van der Waals surface area contributed by atoms with Crippen LogP contribution in [0.3, 0.4) is 0 Å². The van der Waals surface area contributed by atoms with Crippen LogP contribution in [0.25, 0.3) is 0 Å². The van der Waals surface area contributed by atoms with Crippen molar-refractivity contribution in [1.29, 1.82) is 0 Å². The Kier molecular flexibility index (Phi) is 11.1. The smallest absolute Gasteiger partial charge is 0.270 e. The molecule has 1 aliphatic heterocycles. The Bertz CT molecular complexity index is 1390. The molecule has 3 atom stereocenters. The predicted molar refractivity (Wildman–Crippen MR) is 173 cm³/mol. The Hall–Kier alpha value is -3.80. The SMILES string of the molecule is CCn1nccc1C(=O)N[C@H](C(=O)Nc1ccc([C@H](C)[C@@H](NC(=O)C2CC2)C(=O)N2CCN(C)CC2)cc1F)C1CCCCCC1. The lowest BCUT2D eigenvalue weighted by Crippen LogP contribution is -2.56. The van der Waals surface area contributed by atoms with E-state index in [0.29, 0.717) is 30.9 Å². The standard InChI is InChI=1S/C34H48FN7O4/c1-4-42-28(15-16-36-42)32(44)39-30(23-9-7-5-6-8-10-23)33(45)37-27-14-13-25(21-26(27)35)22(2)29(38-31(43)24-11-12-24)34(46)41-19-17-40(3)18-20-41/h13-16,21-24,29-30H,4-12,17-20H2,1-3H3,(H,37,45)(H,38,43)(H,39,44)/t22-,29+,30-/m0/s1. The lowest BCUT2D eigenvalue weighted by atomic mass is 9.90. The van der Waals surface area contributed by atoms with Gasteiger partial charge in [-0.1, -0.05) is 38.7 Å². The summed E-state index contributed by atoms with van der Waals surface area (Å²) >= 11 is 0. The number of piperazine rings is 1. The van der Waals surface area contributed by atoms with E-state index < -0.39 is 35.6 Å². The normalized spacial score (nSPS) is 19.9. The fraction of sp³-hybridized carbons (Fsp3) is 0.618. The van der Waals surface area contributed by atoms with Crippen LogP contribution >= 0.6 is 0 Å². The summed E-state index contributed by atoms with van der Waals surface area (Å²) in [6.45, 7) is 6.84. The molecule has 1 aromatic carbocycles. The van der Waals surface area contributed by atoms with Crippen molar-refractivity contribution >= 4 is 29.3 Å². The molecular weight excluding hydrogens is 589 g/mol. The number of likely N-dealkylation sites (N-methyl/N-ethyl adjacent to an activating group) is 1. The maximum atomic E-state index is 15.7. The summed E-state index contributed by atoms with van der Waals surface area (Å²) < 4.78 is 17.3. The van der Waals surface area contributed by atoms with Gasteiger partial charge in [0.05, 0.1) is 5.69 Å². The zero-order chi connectivity index (χ0) is 32.8. The molecule has 0 radical (unpaired) electrons. The number of carbonyl (C=O) groups is 4. The number of carbonyl (C=O) groups excluding carboxylic acids is 4. The molecule has 11 nitrogen and oxygen atoms in total. The third-order valence-electron chi connectivity index (χ3n) is 9.79. The van der Waals surface area contributed by atoms with Crippen molar-refractivity contribution in [2.24, 2.45) is 11.8 Å². The van der Waals surface area contributed by atoms with Crippen LogP contribution in [0.5, 0.6) is 0 Å². The summed E-state index contributed by atoms with van der Waals surface area (Å²) in [5.41, 5.74) is 0.907. The monoisotopic (exact) mass is 637 g/mol. The van der Waals surface area contributed by atoms with E-state index >= 15 is 4.39 Å². The lowest BCUT2D eigenvalue weighted by molar-refractivity contribution is -0.138. The lowest BCUT2D eigenvalue weighted by Gasteiger charge is -2.36. The molecule has 5 rings (SSSR count). The van der Waals surface area contributed by atoms with Crippen LogP contribution in [0.15, 0.2) is 30.5 Å². The second-order valence-corrected chi connectivity index (χ2v) is 13.1. The van der Waals surface area contributed by atoms with Crippen molar-refractivity contribution in [2.45, 2.75) is 89.8 Å². The number of benzene rings is 1. The minimum Gasteiger partial charge on any atom is -0.343 e. The van der Waals surface area contributed by atoms with Gasteiger partial charge < -0.3 is 25.8 Å². The van der Waals surface area contributed by atoms with E-state index in [9.17, 15) is 19.2 Å². The number of hydrogen-bond donors (Lipinski definition) is 3. The van der Waals surface area contributed by atoms with Crippen LogP contribution < -0.4 is 16.0 Å². The van der Waals surface area contributed by atoms with Crippen LogP contribution in [-0.2, 0) is 20.9 Å². The van der Waals surface area contributed by atoms with E-state index in [-0.39, 0.29) is 29.3 Å². The van der Waals surface area contributed by atoms with Gasteiger partial charge >= 0.3 is 0 Å². The Morgan fingerprint density at radius 1 is 0.957 bits per heavy atom. The number of anilines is 1. The second-order valence-electron chi connectivity index (χ2n) is 13.1. The molecule has 0 unspecified atom stereocenters. The number of nitrogens with zero attached hydrogens (tertiary/aromatic N) is 4. The van der Waals surface area contributed by atoms with Crippen LogP contribution in [0.4, 0.5) is 10.1 Å². The minimum absolute atomic E-state index is 0.00335. The Morgan fingerprint density at radius 3 is 2.28 bits per heavy atom. The van der Waals surface area contributed by atoms with Crippen molar-refractivity contribution < 1.29 is 23.6 Å². The van der Waals surface area contributed by atoms with Crippen molar-refractivity contribution in [3.05, 3.63) is 47.5 Å². The molecule has 2 aromatic rings. The van der Waals surface area contributed by atoms with E-state index in [1.807, 2.05) is 20.9 Å². The van der Waals surface area contributed by atoms with Gasteiger partial charge in [0.2, 0.25) is 17.7 Å². The fourth-order valence-electron chi connectivity index (χ4n) is 6.59. The quantitative estimate of drug-likeness (QED) is 0.324. The molecular formula is C34H48FN7O4. The Balaban J connectivity index is 1.32. The summed E-state index contributed by atoms with van der Waals surface area (Å²) in [4.78, 5) is 57.4. The third-order valence-corrected chi connectivity index (χ3v) is 9.79. The zero-order valence-corrected chi connectivity index (χ0v) is 27.3. The van der Waals surface area contributed by atoms with Gasteiger partial charge in [0.15, 0.2) is 0 Å². The number of aromatic nitrogens is 2. The van der Waals surface area contributed by atoms with Crippen molar-refractivity contribution in [3.8, 4) is 0 Å². The van der Waals surface area contributed by atoms with Gasteiger partial charge in [0.1, 0.15) is 23.6 Å². The molecule has 1 saturated heterocycles. The average molecular weight is 638 g/mol. The minimum atomic E-state index is -0.841. The van der Waals surface area contributed by atoms with Crippen molar-refractivity contribution in [1.82, 2.24) is 30.2 Å². The number of rotatable bonds is 11. The maximum absolute atomic E-state index is 15.7. The van der Waals surface area contributed by atoms with E-state index in [4.69, 9.17) is 0 Å².